The summed E-state index contributed by atoms with van der Waals surface area (Å²) in [6.07, 6.45) is 2.65. The fourth-order valence-electron chi connectivity index (χ4n) is 1.63. The molecule has 1 amide bonds. The first kappa shape index (κ1) is 16.6. The van der Waals surface area contributed by atoms with Crippen LogP contribution in [-0.4, -0.2) is 30.0 Å². The van der Waals surface area contributed by atoms with Crippen molar-refractivity contribution < 1.29 is 9.53 Å². The second kappa shape index (κ2) is 7.98. The van der Waals surface area contributed by atoms with Crippen LogP contribution in [0.25, 0.3) is 0 Å². The maximum absolute atomic E-state index is 12.2. The van der Waals surface area contributed by atoms with Crippen molar-refractivity contribution in [3.63, 3.8) is 0 Å². The Morgan fingerprint density at radius 3 is 2.45 bits per heavy atom. The highest BCUT2D eigenvalue weighted by Gasteiger charge is 2.21. The summed E-state index contributed by atoms with van der Waals surface area (Å²) in [5.41, 5.74) is 0. The van der Waals surface area contributed by atoms with Crippen LogP contribution in [0.4, 0.5) is 0 Å². The van der Waals surface area contributed by atoms with E-state index in [9.17, 15) is 4.79 Å². The number of ether oxygens (including phenoxy) is 1. The van der Waals surface area contributed by atoms with E-state index in [1.807, 2.05) is 0 Å². The second-order valence-electron chi connectivity index (χ2n) is 4.16. The highest BCUT2D eigenvalue weighted by atomic mass is 35.5. The SMILES string of the molecule is C=CCN(CC=C)C(=O)C(C)Oc1ccc(Cl)cc1Cl. The molecule has 0 saturated carbocycles. The number of carbonyl (C=O) groups is 1. The van der Waals surface area contributed by atoms with E-state index >= 15 is 0 Å². The van der Waals surface area contributed by atoms with Crippen molar-refractivity contribution >= 4 is 29.1 Å². The minimum Gasteiger partial charge on any atom is -0.479 e. The molecular formula is C15H17Cl2NO2. The summed E-state index contributed by atoms with van der Waals surface area (Å²) in [6, 6.07) is 4.87. The van der Waals surface area contributed by atoms with Gasteiger partial charge in [-0.3, -0.25) is 4.79 Å². The van der Waals surface area contributed by atoms with Gasteiger partial charge in [0.25, 0.3) is 5.91 Å². The van der Waals surface area contributed by atoms with Crippen LogP contribution in [0.1, 0.15) is 6.92 Å². The van der Waals surface area contributed by atoms with Gasteiger partial charge in [0.2, 0.25) is 0 Å². The zero-order valence-corrected chi connectivity index (χ0v) is 12.8. The van der Waals surface area contributed by atoms with E-state index in [1.54, 1.807) is 42.2 Å². The van der Waals surface area contributed by atoms with Crippen molar-refractivity contribution in [2.45, 2.75) is 13.0 Å². The van der Waals surface area contributed by atoms with Crippen molar-refractivity contribution in [2.75, 3.05) is 13.1 Å². The van der Waals surface area contributed by atoms with E-state index in [4.69, 9.17) is 27.9 Å². The van der Waals surface area contributed by atoms with E-state index in [0.717, 1.165) is 0 Å². The lowest BCUT2D eigenvalue weighted by Crippen LogP contribution is -2.40. The minimum atomic E-state index is -0.659. The van der Waals surface area contributed by atoms with Gasteiger partial charge in [-0.05, 0) is 25.1 Å². The van der Waals surface area contributed by atoms with Crippen LogP contribution in [0.3, 0.4) is 0 Å². The van der Waals surface area contributed by atoms with E-state index < -0.39 is 6.10 Å². The molecule has 1 aromatic carbocycles. The number of carbonyl (C=O) groups excluding carboxylic acids is 1. The molecule has 0 aliphatic heterocycles. The lowest BCUT2D eigenvalue weighted by atomic mass is 10.3. The maximum atomic E-state index is 12.2. The van der Waals surface area contributed by atoms with Crippen LogP contribution >= 0.6 is 23.2 Å². The molecule has 1 aromatic rings. The zero-order valence-electron chi connectivity index (χ0n) is 11.3. The minimum absolute atomic E-state index is 0.157. The Kier molecular flexibility index (Phi) is 6.62. The van der Waals surface area contributed by atoms with Gasteiger partial charge in [-0.25, -0.2) is 0 Å². The van der Waals surface area contributed by atoms with Crippen molar-refractivity contribution in [2.24, 2.45) is 0 Å². The number of halogens is 2. The lowest BCUT2D eigenvalue weighted by Gasteiger charge is -2.24. The average molecular weight is 314 g/mol. The summed E-state index contributed by atoms with van der Waals surface area (Å²) >= 11 is 11.8. The summed E-state index contributed by atoms with van der Waals surface area (Å²) < 4.78 is 5.59. The van der Waals surface area contributed by atoms with E-state index in [-0.39, 0.29) is 5.91 Å². The topological polar surface area (TPSA) is 29.5 Å². The zero-order chi connectivity index (χ0) is 15.1. The molecule has 0 heterocycles. The van der Waals surface area contributed by atoms with Crippen molar-refractivity contribution in [1.82, 2.24) is 4.90 Å². The van der Waals surface area contributed by atoms with Crippen LogP contribution in [0.2, 0.25) is 10.0 Å². The van der Waals surface area contributed by atoms with Crippen molar-refractivity contribution in [1.29, 1.82) is 0 Å². The van der Waals surface area contributed by atoms with Gasteiger partial charge in [0.05, 0.1) is 5.02 Å². The van der Waals surface area contributed by atoms with E-state index in [0.29, 0.717) is 28.9 Å². The lowest BCUT2D eigenvalue weighted by molar-refractivity contribution is -0.136. The molecule has 0 fully saturated rings. The Hall–Kier alpha value is -1.45. The smallest absolute Gasteiger partial charge is 0.263 e. The van der Waals surface area contributed by atoms with Gasteiger partial charge in [-0.15, -0.1) is 13.2 Å². The molecule has 1 unspecified atom stereocenters. The third-order valence-corrected chi connectivity index (χ3v) is 3.09. The summed E-state index contributed by atoms with van der Waals surface area (Å²) in [4.78, 5) is 13.8. The first-order chi connectivity index (χ1) is 9.49. The number of hydrogen-bond donors (Lipinski definition) is 0. The molecule has 0 N–H and O–H groups in total. The van der Waals surface area contributed by atoms with Gasteiger partial charge in [0.1, 0.15) is 5.75 Å². The summed E-state index contributed by atoms with van der Waals surface area (Å²) in [5, 5.41) is 0.886. The Morgan fingerprint density at radius 1 is 1.35 bits per heavy atom. The number of rotatable bonds is 7. The summed E-state index contributed by atoms with van der Waals surface area (Å²) in [5.74, 6) is 0.268. The van der Waals surface area contributed by atoms with Gasteiger partial charge in [0, 0.05) is 18.1 Å². The Morgan fingerprint density at radius 2 is 1.95 bits per heavy atom. The summed E-state index contributed by atoms with van der Waals surface area (Å²) in [7, 11) is 0. The molecule has 108 valence electrons. The molecule has 0 spiro atoms. The van der Waals surface area contributed by atoms with Gasteiger partial charge in [0.15, 0.2) is 6.10 Å². The summed E-state index contributed by atoms with van der Waals surface area (Å²) in [6.45, 7) is 9.80. The molecule has 1 atom stereocenters. The number of nitrogens with zero attached hydrogens (tertiary/aromatic N) is 1. The van der Waals surface area contributed by atoms with Crippen molar-refractivity contribution in [3.05, 3.63) is 53.6 Å². The second-order valence-corrected chi connectivity index (χ2v) is 5.00. The molecule has 0 aliphatic rings. The number of benzene rings is 1. The monoisotopic (exact) mass is 313 g/mol. The molecule has 0 aliphatic carbocycles. The largest absolute Gasteiger partial charge is 0.479 e. The van der Waals surface area contributed by atoms with Crippen molar-refractivity contribution in [3.8, 4) is 5.75 Å². The molecule has 0 aromatic heterocycles. The van der Waals surface area contributed by atoms with Gasteiger partial charge < -0.3 is 9.64 Å². The van der Waals surface area contributed by atoms with E-state index in [2.05, 4.69) is 13.2 Å². The molecule has 0 radical (unpaired) electrons. The highest BCUT2D eigenvalue weighted by Crippen LogP contribution is 2.28. The number of hydrogen-bond acceptors (Lipinski definition) is 2. The van der Waals surface area contributed by atoms with Gasteiger partial charge in [-0.1, -0.05) is 35.4 Å². The average Bonchev–Trinajstić information content (AvgIpc) is 2.40. The Balaban J connectivity index is 2.77. The number of amides is 1. The molecule has 1 rings (SSSR count). The molecular weight excluding hydrogens is 297 g/mol. The molecule has 0 bridgehead atoms. The normalized spacial score (nSPS) is 11.6. The van der Waals surface area contributed by atoms with Crippen LogP contribution < -0.4 is 4.74 Å². The fourth-order valence-corrected chi connectivity index (χ4v) is 2.09. The first-order valence-corrected chi connectivity index (χ1v) is 6.87. The van der Waals surface area contributed by atoms with Crippen LogP contribution in [0.15, 0.2) is 43.5 Å². The van der Waals surface area contributed by atoms with Gasteiger partial charge >= 0.3 is 0 Å². The van der Waals surface area contributed by atoms with E-state index in [1.165, 1.54) is 0 Å². The predicted molar refractivity (Wildman–Crippen MR) is 83.5 cm³/mol. The van der Waals surface area contributed by atoms with Crippen LogP contribution in [0.5, 0.6) is 5.75 Å². The Labute approximate surface area is 129 Å². The standard InChI is InChI=1S/C15H17Cl2NO2/c1-4-8-18(9-5-2)15(19)11(3)20-14-7-6-12(16)10-13(14)17/h4-7,10-11H,1-2,8-9H2,3H3. The molecule has 20 heavy (non-hydrogen) atoms. The first-order valence-electron chi connectivity index (χ1n) is 6.12. The third-order valence-electron chi connectivity index (χ3n) is 2.56. The Bertz CT molecular complexity index is 493. The molecule has 5 heteroatoms. The predicted octanol–water partition coefficient (Wildman–Crippen LogP) is 3.96. The molecule has 0 saturated heterocycles. The van der Waals surface area contributed by atoms with Crippen LogP contribution in [0, 0.1) is 0 Å². The van der Waals surface area contributed by atoms with Gasteiger partial charge in [-0.2, -0.15) is 0 Å². The molecule has 3 nitrogen and oxygen atoms in total. The fraction of sp³-hybridized carbons (Fsp3) is 0.267. The highest BCUT2D eigenvalue weighted by molar-refractivity contribution is 6.35. The van der Waals surface area contributed by atoms with Crippen LogP contribution in [-0.2, 0) is 4.79 Å². The quantitative estimate of drug-likeness (QED) is 0.713. The third kappa shape index (κ3) is 4.58. The maximum Gasteiger partial charge on any atom is 0.263 e.